The van der Waals surface area contributed by atoms with Gasteiger partial charge in [0.05, 0.1) is 17.4 Å². The smallest absolute Gasteiger partial charge is 0.123 e. The Morgan fingerprint density at radius 3 is 2.89 bits per heavy atom. The molecule has 0 aliphatic carbocycles. The summed E-state index contributed by atoms with van der Waals surface area (Å²) in [7, 11) is 0. The Balaban J connectivity index is 1.90. The molecule has 3 aromatic rings. The minimum atomic E-state index is -0.217. The van der Waals surface area contributed by atoms with E-state index in [1.54, 1.807) is 18.3 Å². The molecule has 2 N–H and O–H groups in total. The number of nitrogens with zero attached hydrogens (tertiary/aromatic N) is 1. The van der Waals surface area contributed by atoms with Crippen molar-refractivity contribution in [3.05, 3.63) is 60.0 Å². The third-order valence-corrected chi connectivity index (χ3v) is 3.20. The molecular formula is C15H14FN3. The molecule has 0 spiro atoms. The summed E-state index contributed by atoms with van der Waals surface area (Å²) in [5.41, 5.74) is 2.84. The van der Waals surface area contributed by atoms with Gasteiger partial charge >= 0.3 is 0 Å². The van der Waals surface area contributed by atoms with Crippen molar-refractivity contribution >= 4 is 16.6 Å². The maximum Gasteiger partial charge on any atom is 0.123 e. The van der Waals surface area contributed by atoms with Gasteiger partial charge in [0.1, 0.15) is 5.82 Å². The summed E-state index contributed by atoms with van der Waals surface area (Å²) in [6, 6.07) is 12.6. The van der Waals surface area contributed by atoms with E-state index in [2.05, 4.69) is 15.5 Å². The van der Waals surface area contributed by atoms with E-state index in [0.717, 1.165) is 22.2 Å². The summed E-state index contributed by atoms with van der Waals surface area (Å²) < 4.78 is 13.2. The lowest BCUT2D eigenvalue weighted by Gasteiger charge is -2.16. The van der Waals surface area contributed by atoms with Gasteiger partial charge in [-0.25, -0.2) is 4.39 Å². The zero-order valence-corrected chi connectivity index (χ0v) is 10.5. The van der Waals surface area contributed by atoms with Gasteiger partial charge < -0.3 is 5.32 Å². The lowest BCUT2D eigenvalue weighted by molar-refractivity contribution is 0.623. The van der Waals surface area contributed by atoms with Crippen LogP contribution in [0.15, 0.2) is 48.7 Å². The largest absolute Gasteiger partial charge is 0.377 e. The number of aromatic amines is 1. The highest BCUT2D eigenvalue weighted by molar-refractivity contribution is 5.90. The average Bonchev–Trinajstić information content (AvgIpc) is 2.88. The van der Waals surface area contributed by atoms with Gasteiger partial charge in [-0.3, -0.25) is 5.10 Å². The van der Waals surface area contributed by atoms with E-state index < -0.39 is 0 Å². The van der Waals surface area contributed by atoms with Gasteiger partial charge in [-0.1, -0.05) is 24.3 Å². The molecule has 3 rings (SSSR count). The van der Waals surface area contributed by atoms with Crippen molar-refractivity contribution in [2.24, 2.45) is 0 Å². The first kappa shape index (κ1) is 11.7. The molecule has 4 heteroatoms. The highest BCUT2D eigenvalue weighted by atomic mass is 19.1. The molecule has 3 nitrogen and oxygen atoms in total. The number of fused-ring (bicyclic) bond motifs is 1. The summed E-state index contributed by atoms with van der Waals surface area (Å²) >= 11 is 0. The highest BCUT2D eigenvalue weighted by Gasteiger charge is 2.09. The van der Waals surface area contributed by atoms with Crippen molar-refractivity contribution in [2.75, 3.05) is 5.32 Å². The zero-order chi connectivity index (χ0) is 13.2. The number of nitrogens with one attached hydrogen (secondary N) is 2. The Morgan fingerprint density at radius 2 is 2.05 bits per heavy atom. The van der Waals surface area contributed by atoms with Crippen LogP contribution in [0.1, 0.15) is 18.5 Å². The molecule has 1 aromatic heterocycles. The third-order valence-electron chi connectivity index (χ3n) is 3.20. The van der Waals surface area contributed by atoms with Crippen LogP contribution in [0.4, 0.5) is 10.1 Å². The van der Waals surface area contributed by atoms with Gasteiger partial charge in [0, 0.05) is 11.4 Å². The van der Waals surface area contributed by atoms with Crippen molar-refractivity contribution in [3.8, 4) is 0 Å². The third kappa shape index (κ3) is 2.29. The summed E-state index contributed by atoms with van der Waals surface area (Å²) in [6.45, 7) is 2.00. The molecule has 0 saturated heterocycles. The number of halogens is 1. The van der Waals surface area contributed by atoms with Crippen LogP contribution in [-0.2, 0) is 0 Å². The first-order valence-electron chi connectivity index (χ1n) is 6.18. The average molecular weight is 255 g/mol. The topological polar surface area (TPSA) is 40.7 Å². The standard InChI is InChI=1S/C15H14FN3/c1-10(11-4-2-6-13(16)8-11)18-14-7-3-5-12-9-17-19-15(12)14/h2-10,18H,1H3,(H,17,19). The SMILES string of the molecule is CC(Nc1cccc2cn[nH]c12)c1cccc(F)c1. The molecule has 1 unspecified atom stereocenters. The van der Waals surface area contributed by atoms with Crippen molar-refractivity contribution in [1.29, 1.82) is 0 Å². The van der Waals surface area contributed by atoms with E-state index in [1.807, 2.05) is 31.2 Å². The predicted molar refractivity (Wildman–Crippen MR) is 74.5 cm³/mol. The lowest BCUT2D eigenvalue weighted by atomic mass is 10.1. The molecule has 19 heavy (non-hydrogen) atoms. The number of H-pyrrole nitrogens is 1. The minimum absolute atomic E-state index is 0.0181. The quantitative estimate of drug-likeness (QED) is 0.745. The van der Waals surface area contributed by atoms with Crippen molar-refractivity contribution in [1.82, 2.24) is 10.2 Å². The molecule has 0 fully saturated rings. The monoisotopic (exact) mass is 255 g/mol. The van der Waals surface area contributed by atoms with Crippen LogP contribution < -0.4 is 5.32 Å². The first-order valence-corrected chi connectivity index (χ1v) is 6.18. The molecule has 0 amide bonds. The molecule has 2 aromatic carbocycles. The van der Waals surface area contributed by atoms with E-state index in [0.29, 0.717) is 0 Å². The van der Waals surface area contributed by atoms with Crippen LogP contribution in [0.5, 0.6) is 0 Å². The van der Waals surface area contributed by atoms with Gasteiger partial charge in [-0.15, -0.1) is 0 Å². The second-order valence-electron chi connectivity index (χ2n) is 4.56. The van der Waals surface area contributed by atoms with Gasteiger partial charge in [-0.2, -0.15) is 5.10 Å². The molecule has 0 bridgehead atoms. The number of hydrogen-bond acceptors (Lipinski definition) is 2. The molecular weight excluding hydrogens is 241 g/mol. The number of para-hydroxylation sites is 1. The second kappa shape index (κ2) is 4.72. The Hall–Kier alpha value is -2.36. The fourth-order valence-electron chi connectivity index (χ4n) is 2.18. The fraction of sp³-hybridized carbons (Fsp3) is 0.133. The summed E-state index contributed by atoms with van der Waals surface area (Å²) in [6.07, 6.45) is 1.79. The van der Waals surface area contributed by atoms with Crippen molar-refractivity contribution in [3.63, 3.8) is 0 Å². The highest BCUT2D eigenvalue weighted by Crippen LogP contribution is 2.25. The Morgan fingerprint density at radius 1 is 1.21 bits per heavy atom. The maximum atomic E-state index is 13.2. The zero-order valence-electron chi connectivity index (χ0n) is 10.5. The van der Waals surface area contributed by atoms with Crippen molar-refractivity contribution in [2.45, 2.75) is 13.0 Å². The van der Waals surface area contributed by atoms with Gasteiger partial charge in [0.25, 0.3) is 0 Å². The molecule has 1 heterocycles. The fourth-order valence-corrected chi connectivity index (χ4v) is 2.18. The molecule has 0 aliphatic rings. The van der Waals surface area contributed by atoms with Gasteiger partial charge in [-0.05, 0) is 30.7 Å². The Kier molecular flexibility index (Phi) is 2.91. The van der Waals surface area contributed by atoms with E-state index in [-0.39, 0.29) is 11.9 Å². The number of benzene rings is 2. The Bertz CT molecular complexity index is 705. The number of aromatic nitrogens is 2. The normalized spacial score (nSPS) is 12.5. The van der Waals surface area contributed by atoms with E-state index in [9.17, 15) is 4.39 Å². The van der Waals surface area contributed by atoms with Crippen molar-refractivity contribution < 1.29 is 4.39 Å². The molecule has 96 valence electrons. The molecule has 0 aliphatic heterocycles. The van der Waals surface area contributed by atoms with Gasteiger partial charge in [0.2, 0.25) is 0 Å². The van der Waals surface area contributed by atoms with Crippen LogP contribution in [-0.4, -0.2) is 10.2 Å². The van der Waals surface area contributed by atoms with E-state index in [1.165, 1.54) is 6.07 Å². The number of hydrogen-bond donors (Lipinski definition) is 2. The number of anilines is 1. The second-order valence-corrected chi connectivity index (χ2v) is 4.56. The summed E-state index contributed by atoms with van der Waals surface area (Å²) in [5, 5.41) is 11.4. The predicted octanol–water partition coefficient (Wildman–Crippen LogP) is 3.88. The maximum absolute atomic E-state index is 13.2. The van der Waals surface area contributed by atoms with E-state index >= 15 is 0 Å². The summed E-state index contributed by atoms with van der Waals surface area (Å²) in [4.78, 5) is 0. The minimum Gasteiger partial charge on any atom is -0.377 e. The lowest BCUT2D eigenvalue weighted by Crippen LogP contribution is -2.07. The molecule has 1 atom stereocenters. The summed E-state index contributed by atoms with van der Waals surface area (Å²) in [5.74, 6) is -0.217. The Labute approximate surface area is 110 Å². The number of rotatable bonds is 3. The van der Waals surface area contributed by atoms with Crippen LogP contribution in [0.2, 0.25) is 0 Å². The van der Waals surface area contributed by atoms with Crippen LogP contribution >= 0.6 is 0 Å². The van der Waals surface area contributed by atoms with E-state index in [4.69, 9.17) is 0 Å². The molecule has 0 saturated carbocycles. The van der Waals surface area contributed by atoms with Crippen LogP contribution in [0, 0.1) is 5.82 Å². The molecule has 0 radical (unpaired) electrons. The van der Waals surface area contributed by atoms with Gasteiger partial charge in [0.15, 0.2) is 0 Å². The first-order chi connectivity index (χ1) is 9.24. The van der Waals surface area contributed by atoms with Crippen LogP contribution in [0.3, 0.4) is 0 Å². The van der Waals surface area contributed by atoms with Crippen LogP contribution in [0.25, 0.3) is 10.9 Å².